The van der Waals surface area contributed by atoms with Gasteiger partial charge in [-0.05, 0) is 37.1 Å². The number of H-pyrrole nitrogens is 2. The van der Waals surface area contributed by atoms with Crippen molar-refractivity contribution in [1.29, 1.82) is 0 Å². The SMILES string of the molecule is C(=N[C@H]1CCCC[C@@H]1N=Cc1ccc[nH]1)c1ccc[nH]1. The zero-order valence-electron chi connectivity index (χ0n) is 11.5. The summed E-state index contributed by atoms with van der Waals surface area (Å²) in [7, 11) is 0. The lowest BCUT2D eigenvalue weighted by Crippen LogP contribution is -2.27. The van der Waals surface area contributed by atoms with Gasteiger partial charge in [-0.3, -0.25) is 9.98 Å². The first-order valence-corrected chi connectivity index (χ1v) is 7.25. The van der Waals surface area contributed by atoms with Gasteiger partial charge in [0.25, 0.3) is 0 Å². The summed E-state index contributed by atoms with van der Waals surface area (Å²) in [5.41, 5.74) is 2.12. The predicted molar refractivity (Wildman–Crippen MR) is 82.8 cm³/mol. The Morgan fingerprint density at radius 2 is 1.35 bits per heavy atom. The highest BCUT2D eigenvalue weighted by Crippen LogP contribution is 2.23. The smallest absolute Gasteiger partial charge is 0.0723 e. The van der Waals surface area contributed by atoms with Gasteiger partial charge in [0.15, 0.2) is 0 Å². The van der Waals surface area contributed by atoms with Crippen molar-refractivity contribution in [3.63, 3.8) is 0 Å². The van der Waals surface area contributed by atoms with Gasteiger partial charge < -0.3 is 9.97 Å². The van der Waals surface area contributed by atoms with E-state index in [0.29, 0.717) is 12.1 Å². The zero-order chi connectivity index (χ0) is 13.6. The lowest BCUT2D eigenvalue weighted by molar-refractivity contribution is 0.390. The molecule has 2 aromatic heterocycles. The van der Waals surface area contributed by atoms with Gasteiger partial charge in [0.2, 0.25) is 0 Å². The Labute approximate surface area is 119 Å². The predicted octanol–water partition coefficient (Wildman–Crippen LogP) is 3.19. The van der Waals surface area contributed by atoms with E-state index in [0.717, 1.165) is 24.2 Å². The third kappa shape index (κ3) is 3.26. The summed E-state index contributed by atoms with van der Waals surface area (Å²) in [5.74, 6) is 0. The standard InChI is InChI=1S/C16H20N4/c1-2-8-16(20-12-14-6-4-10-18-14)15(7-1)19-11-13-5-3-9-17-13/h3-6,9-12,15-18H,1-2,7-8H2/t15-,16-/m0/s1. The minimum absolute atomic E-state index is 0.304. The van der Waals surface area contributed by atoms with Crippen molar-refractivity contribution in [2.75, 3.05) is 0 Å². The van der Waals surface area contributed by atoms with Gasteiger partial charge in [0, 0.05) is 24.8 Å². The van der Waals surface area contributed by atoms with Crippen LogP contribution in [0.4, 0.5) is 0 Å². The van der Waals surface area contributed by atoms with Crippen LogP contribution in [0, 0.1) is 0 Å². The van der Waals surface area contributed by atoms with Crippen molar-refractivity contribution in [1.82, 2.24) is 9.97 Å². The van der Waals surface area contributed by atoms with Crippen LogP contribution in [0.25, 0.3) is 0 Å². The first kappa shape index (κ1) is 12.9. The summed E-state index contributed by atoms with van der Waals surface area (Å²) < 4.78 is 0. The molecule has 1 aliphatic rings. The zero-order valence-corrected chi connectivity index (χ0v) is 11.5. The molecule has 3 rings (SSSR count). The van der Waals surface area contributed by atoms with Gasteiger partial charge in [-0.25, -0.2) is 0 Å². The maximum atomic E-state index is 4.73. The van der Waals surface area contributed by atoms with E-state index in [-0.39, 0.29) is 0 Å². The van der Waals surface area contributed by atoms with Crippen molar-refractivity contribution in [3.05, 3.63) is 48.0 Å². The average Bonchev–Trinajstić information content (AvgIpc) is 3.17. The molecule has 0 amide bonds. The molecule has 2 atom stereocenters. The fourth-order valence-electron chi connectivity index (χ4n) is 2.64. The summed E-state index contributed by atoms with van der Waals surface area (Å²) in [6, 6.07) is 8.65. The molecule has 0 saturated heterocycles. The quantitative estimate of drug-likeness (QED) is 0.800. The molecule has 0 unspecified atom stereocenters. The first-order valence-electron chi connectivity index (χ1n) is 7.25. The summed E-state index contributed by atoms with van der Waals surface area (Å²) in [6.07, 6.45) is 12.5. The fraction of sp³-hybridized carbons (Fsp3) is 0.375. The number of hydrogen-bond donors (Lipinski definition) is 2. The number of aliphatic imine (C=N–C) groups is 2. The summed E-state index contributed by atoms with van der Waals surface area (Å²) in [6.45, 7) is 0. The van der Waals surface area contributed by atoms with Crippen LogP contribution in [0.2, 0.25) is 0 Å². The Kier molecular flexibility index (Phi) is 4.11. The Hall–Kier alpha value is -2.10. The maximum Gasteiger partial charge on any atom is 0.0723 e. The Morgan fingerprint density at radius 1 is 0.850 bits per heavy atom. The van der Waals surface area contributed by atoms with Gasteiger partial charge in [-0.15, -0.1) is 0 Å². The highest BCUT2D eigenvalue weighted by atomic mass is 14.9. The molecule has 0 spiro atoms. The number of rotatable bonds is 4. The normalized spacial score (nSPS) is 23.8. The van der Waals surface area contributed by atoms with Gasteiger partial charge in [0.05, 0.1) is 23.5 Å². The van der Waals surface area contributed by atoms with E-state index >= 15 is 0 Å². The van der Waals surface area contributed by atoms with Crippen molar-refractivity contribution in [3.8, 4) is 0 Å². The molecule has 0 bridgehead atoms. The van der Waals surface area contributed by atoms with Crippen LogP contribution in [-0.2, 0) is 0 Å². The van der Waals surface area contributed by atoms with Crippen LogP contribution in [0.5, 0.6) is 0 Å². The average molecular weight is 268 g/mol. The molecule has 104 valence electrons. The van der Waals surface area contributed by atoms with E-state index in [4.69, 9.17) is 9.98 Å². The van der Waals surface area contributed by atoms with E-state index in [1.54, 1.807) is 0 Å². The third-order valence-corrected chi connectivity index (χ3v) is 3.75. The van der Waals surface area contributed by atoms with Crippen molar-refractivity contribution >= 4 is 12.4 Å². The highest BCUT2D eigenvalue weighted by molar-refractivity contribution is 5.78. The third-order valence-electron chi connectivity index (χ3n) is 3.75. The molecule has 2 N–H and O–H groups in total. The first-order chi connectivity index (χ1) is 9.92. The highest BCUT2D eigenvalue weighted by Gasteiger charge is 2.23. The van der Waals surface area contributed by atoms with E-state index in [1.807, 2.05) is 49.1 Å². The topological polar surface area (TPSA) is 56.3 Å². The van der Waals surface area contributed by atoms with Gasteiger partial charge in [-0.1, -0.05) is 12.8 Å². The number of aromatic amines is 2. The van der Waals surface area contributed by atoms with E-state index in [2.05, 4.69) is 9.97 Å². The second-order valence-corrected chi connectivity index (χ2v) is 5.23. The summed E-state index contributed by atoms with van der Waals surface area (Å²) in [4.78, 5) is 15.8. The molecule has 4 nitrogen and oxygen atoms in total. The monoisotopic (exact) mass is 268 g/mol. The largest absolute Gasteiger partial charge is 0.360 e. The molecule has 1 saturated carbocycles. The molecule has 0 radical (unpaired) electrons. The molecule has 0 aromatic carbocycles. The Morgan fingerprint density at radius 3 is 1.75 bits per heavy atom. The second kappa shape index (κ2) is 6.37. The minimum Gasteiger partial charge on any atom is -0.360 e. The number of nitrogens with one attached hydrogen (secondary N) is 2. The van der Waals surface area contributed by atoms with Gasteiger partial charge in [0.1, 0.15) is 0 Å². The molecule has 0 aliphatic heterocycles. The molecule has 1 aliphatic carbocycles. The van der Waals surface area contributed by atoms with Crippen LogP contribution < -0.4 is 0 Å². The van der Waals surface area contributed by atoms with E-state index in [9.17, 15) is 0 Å². The molecule has 1 fully saturated rings. The van der Waals surface area contributed by atoms with Gasteiger partial charge in [-0.2, -0.15) is 0 Å². The second-order valence-electron chi connectivity index (χ2n) is 5.23. The van der Waals surface area contributed by atoms with E-state index < -0.39 is 0 Å². The minimum atomic E-state index is 0.304. The van der Waals surface area contributed by atoms with Crippen LogP contribution in [-0.4, -0.2) is 34.5 Å². The number of hydrogen-bond acceptors (Lipinski definition) is 2. The molecule has 4 heteroatoms. The van der Waals surface area contributed by atoms with Crippen LogP contribution in [0.15, 0.2) is 46.6 Å². The van der Waals surface area contributed by atoms with Crippen LogP contribution >= 0.6 is 0 Å². The van der Waals surface area contributed by atoms with Crippen molar-refractivity contribution in [2.24, 2.45) is 9.98 Å². The Balaban J connectivity index is 1.67. The maximum absolute atomic E-state index is 4.73. The Bertz CT molecular complexity index is 499. The molecular formula is C16H20N4. The van der Waals surface area contributed by atoms with Crippen molar-refractivity contribution < 1.29 is 0 Å². The number of aromatic nitrogens is 2. The molecule has 2 heterocycles. The molecular weight excluding hydrogens is 248 g/mol. The van der Waals surface area contributed by atoms with Crippen molar-refractivity contribution in [2.45, 2.75) is 37.8 Å². The van der Waals surface area contributed by atoms with Gasteiger partial charge >= 0.3 is 0 Å². The summed E-state index contributed by atoms with van der Waals surface area (Å²) in [5, 5.41) is 0. The van der Waals surface area contributed by atoms with E-state index in [1.165, 1.54) is 12.8 Å². The van der Waals surface area contributed by atoms with Crippen LogP contribution in [0.1, 0.15) is 37.1 Å². The number of nitrogens with zero attached hydrogens (tertiary/aromatic N) is 2. The molecule has 2 aromatic rings. The lowest BCUT2D eigenvalue weighted by atomic mass is 9.91. The molecule has 20 heavy (non-hydrogen) atoms. The fourth-order valence-corrected chi connectivity index (χ4v) is 2.64. The van der Waals surface area contributed by atoms with Crippen LogP contribution in [0.3, 0.4) is 0 Å². The lowest BCUT2D eigenvalue weighted by Gasteiger charge is -2.25. The summed E-state index contributed by atoms with van der Waals surface area (Å²) >= 11 is 0.